The maximum Gasteiger partial charge on any atom is 0.309 e. The van der Waals surface area contributed by atoms with Gasteiger partial charge in [0.1, 0.15) is 18.1 Å². The molecule has 9 aromatic rings. The van der Waals surface area contributed by atoms with Crippen LogP contribution in [0.4, 0.5) is 0 Å². The number of esters is 2. The molecule has 0 aliphatic rings. The molecule has 0 saturated heterocycles. The number of rotatable bonds is 50. The third-order valence-electron chi connectivity index (χ3n) is 20.4. The SMILES string of the molecule is CC(C)C[C@H](CC(=O)N[C@@H](Cc1c[nH]c2ccccc12)C(=O)NCCOCCC(=O)NCc1ccc(I)cc1)C(=O)NO.COC(=O)[C@@H](CC(=O)N[C@@H](Cc1c[nH]c2ccccc12)C(=O)NCCOCCC(=O)NCc1ccc(I)cc1)CC(C)C.COC(=O)[C@@H](CC(=O)N[C@@H](Cc1c[nH]c2ccccc12)C(=O)NCCOCCC(=O)O)CC(C)C.NCc1ccc(I)cc1.NO.[3H][B].[U]. The molecular weight excluding hydrogens is 2290 g/mol. The largest absolute Gasteiger partial charge is 0.481 e. The summed E-state index contributed by atoms with van der Waals surface area (Å²) in [6, 6.07) is 44.4. The van der Waals surface area contributed by atoms with E-state index in [1.165, 1.54) is 23.4 Å². The summed E-state index contributed by atoms with van der Waals surface area (Å²) in [4.78, 5) is 159. The zero-order valence-corrected chi connectivity index (χ0v) is 87.5. The molecule has 2 radical (unpaired) electrons. The number of halogens is 3. The molecule has 19 N–H and O–H groups in total. The van der Waals surface area contributed by atoms with Crippen molar-refractivity contribution in [1.29, 1.82) is 1.34 Å². The van der Waals surface area contributed by atoms with Gasteiger partial charge >= 0.3 is 17.9 Å². The smallest absolute Gasteiger partial charge is 0.309 e. The molecule has 9 amide bonds. The van der Waals surface area contributed by atoms with Gasteiger partial charge < -0.3 is 97.2 Å². The van der Waals surface area contributed by atoms with Gasteiger partial charge in [-0.1, -0.05) is 133 Å². The number of fused-ring (bicyclic) bond motifs is 3. The molecule has 0 saturated carbocycles. The Bertz CT molecular complexity index is 4870. The number of hydrogen-bond acceptors (Lipinski definition) is 21. The van der Waals surface area contributed by atoms with Crippen molar-refractivity contribution in [2.75, 3.05) is 73.5 Å². The van der Waals surface area contributed by atoms with Crippen molar-refractivity contribution in [1.82, 2.24) is 63.0 Å². The Morgan fingerprint density at radius 1 is 0.403 bits per heavy atom. The fourth-order valence-corrected chi connectivity index (χ4v) is 14.9. The summed E-state index contributed by atoms with van der Waals surface area (Å²) < 4.78 is 34.8. The zero-order valence-electron chi connectivity index (χ0n) is 77.9. The molecule has 0 aliphatic heterocycles. The first kappa shape index (κ1) is 117. The van der Waals surface area contributed by atoms with E-state index >= 15 is 0 Å². The van der Waals surface area contributed by atoms with E-state index < -0.39 is 89.2 Å². The van der Waals surface area contributed by atoms with Gasteiger partial charge in [0.2, 0.25) is 53.2 Å². The molecule has 6 atom stereocenters. The number of aromatic nitrogens is 3. The number of amides is 9. The Morgan fingerprint density at radius 2 is 0.694 bits per heavy atom. The fraction of sp³-hybridized carbons (Fsp3) is 0.432. The summed E-state index contributed by atoms with van der Waals surface area (Å²) in [6.45, 7) is 14.8. The van der Waals surface area contributed by atoms with Gasteiger partial charge in [-0.15, -0.1) is 0 Å². The molecule has 134 heavy (non-hydrogen) atoms. The standard InChI is InChI=1S/C32H41IN4O6.C31H40IN5O6.C25H35N3O7.C7H8IN.BH.H3NO.U/c1-21(2)16-23(32(41)42-3)18-30(39)37-28(17-24-20-35-27-7-5-4-6-26(24)27)31(40)34-13-15-43-14-12-29(38)36-19-22-8-10-25(33)11-9-22;1-20(2)15-22(30(40)37-42)17-29(39)36-27(16-23-19-34-26-6-4-3-5-25(23)26)31(41)33-12-14-43-13-11-28(38)35-18-21-7-9-24(32)10-8-21;1-16(2)12-17(25(33)34-3)14-22(29)28-21(24(32)26-9-11-35-10-8-23(30)31)13-18-15-27-20-7-5-4-6-19(18)20;8-7-3-1-6(5-9)2-4-7;;1-2;/h4-11,20-21,23,28,35H,12-19H2,1-3H3,(H,34,40)(H,36,38)(H,37,39);3-10,19-20,22,27,34,42H,11-18H2,1-2H3,(H,33,41)(H,35,38)(H,36,39)(H,37,40);4-7,15-17,21,27H,8-14H2,1-3H3,(H,26,32)(H,28,29)(H,30,31);1-4H,5,9H2;1H;2H,1H2;/t23-,28+;22-,27+;17-,21+;;;;/m111..../s1/i;;;;1T;;. The first-order valence-electron chi connectivity index (χ1n) is 44.1. The van der Waals surface area contributed by atoms with Crippen molar-refractivity contribution in [3.05, 3.63) is 208 Å². The van der Waals surface area contributed by atoms with E-state index in [1.54, 1.807) is 5.48 Å². The van der Waals surface area contributed by atoms with Gasteiger partial charge in [0, 0.05) is 198 Å². The minimum atomic E-state index is -0.960. The van der Waals surface area contributed by atoms with Gasteiger partial charge in [0.25, 0.3) is 0 Å². The quantitative estimate of drug-likeness (QED) is 0.00421. The minimum absolute atomic E-state index is 0. The molecule has 9 rings (SSSR count). The molecule has 0 fully saturated rings. The van der Waals surface area contributed by atoms with E-state index in [2.05, 4.69) is 152 Å². The molecule has 0 unspecified atom stereocenters. The minimum Gasteiger partial charge on any atom is -0.481 e. The predicted octanol–water partition coefficient (Wildman–Crippen LogP) is 9.53. The summed E-state index contributed by atoms with van der Waals surface area (Å²) in [7, 11) is 6.35. The fourth-order valence-electron chi connectivity index (χ4n) is 13.9. The number of hydroxylamine groups is 1. The zero-order chi connectivity index (χ0) is 98.9. The normalized spacial score (nSPS) is 12.1. The van der Waals surface area contributed by atoms with Crippen molar-refractivity contribution >= 4 is 180 Å². The number of nitrogens with two attached hydrogens (primary N) is 2. The van der Waals surface area contributed by atoms with Gasteiger partial charge in [0.05, 0.1) is 72.1 Å². The molecule has 6 aromatic carbocycles. The van der Waals surface area contributed by atoms with Crippen molar-refractivity contribution in [3.63, 3.8) is 0 Å². The summed E-state index contributed by atoms with van der Waals surface area (Å²) in [5.41, 5.74) is 15.6. The van der Waals surface area contributed by atoms with Gasteiger partial charge in [-0.2, -0.15) is 0 Å². The average molecular weight is 2420 g/mol. The first-order chi connectivity index (χ1) is 64.3. The third kappa shape index (κ3) is 46.4. The Hall–Kier alpha value is -9.39. The van der Waals surface area contributed by atoms with E-state index in [1.807, 2.05) is 194 Å². The second-order valence-corrected chi connectivity index (χ2v) is 35.9. The van der Waals surface area contributed by atoms with Crippen LogP contribution in [-0.4, -0.2) is 203 Å². The molecule has 726 valence electrons. The number of ether oxygens (including phenoxy) is 5. The van der Waals surface area contributed by atoms with Crippen LogP contribution in [0.3, 0.4) is 0 Å². The van der Waals surface area contributed by atoms with Gasteiger partial charge in [-0.3, -0.25) is 62.7 Å². The predicted molar refractivity (Wildman–Crippen MR) is 534 cm³/mol. The summed E-state index contributed by atoms with van der Waals surface area (Å²) in [6.07, 6.45) is 7.53. The molecule has 0 spiro atoms. The monoisotopic (exact) mass is 2420 g/mol. The van der Waals surface area contributed by atoms with Crippen LogP contribution in [0.25, 0.3) is 32.7 Å². The number of carboxylic acid groups (broad SMARTS) is 1. The van der Waals surface area contributed by atoms with Crippen LogP contribution in [0, 0.1) is 77.3 Å². The summed E-state index contributed by atoms with van der Waals surface area (Å²) >= 11 is 6.73. The number of carboxylic acids is 1. The number of hydrogen-bond donors (Lipinski definition) is 17. The number of para-hydroxylation sites is 3. The Labute approximate surface area is 850 Å². The number of methoxy groups -OCH3 is 2. The summed E-state index contributed by atoms with van der Waals surface area (Å²) in [5.74, 6) is -3.10. The molecule has 3 heterocycles. The Morgan fingerprint density at radius 3 is 0.985 bits per heavy atom. The maximum atomic E-state index is 13.2. The number of carbonyl (C=O) groups excluding carboxylic acids is 11. The van der Waals surface area contributed by atoms with Gasteiger partial charge in [-0.05, 0) is 194 Å². The van der Waals surface area contributed by atoms with Crippen LogP contribution < -0.4 is 59.6 Å². The van der Waals surface area contributed by atoms with Crippen LogP contribution in [0.1, 0.15) is 133 Å². The molecule has 3 aromatic heterocycles. The number of aliphatic carboxylic acids is 1. The second kappa shape index (κ2) is 66.9. The molecule has 0 aliphatic carbocycles. The van der Waals surface area contributed by atoms with E-state index in [4.69, 9.17) is 46.3 Å². The number of carbonyl (C=O) groups is 12. The van der Waals surface area contributed by atoms with Crippen molar-refractivity contribution < 1.29 is 128 Å². The molecule has 34 nitrogen and oxygen atoms in total. The van der Waals surface area contributed by atoms with Gasteiger partial charge in [-0.25, -0.2) is 11.4 Å². The second-order valence-electron chi connectivity index (χ2n) is 32.2. The van der Waals surface area contributed by atoms with Crippen molar-refractivity contribution in [2.45, 2.75) is 156 Å². The topological polar surface area (TPSA) is 519 Å². The average Bonchev–Trinajstić information content (AvgIpc) is 1.68. The van der Waals surface area contributed by atoms with Crippen LogP contribution in [0.5, 0.6) is 0 Å². The molecular formula is C95H128BI3N14O20U. The Kier molecular flexibility index (Phi) is 58.4. The first-order valence-corrected chi connectivity index (χ1v) is 46.7. The molecule has 39 heteroatoms. The summed E-state index contributed by atoms with van der Waals surface area (Å²) in [5, 5.41) is 49.6. The van der Waals surface area contributed by atoms with Crippen molar-refractivity contribution in [3.8, 4) is 0 Å². The van der Waals surface area contributed by atoms with Crippen LogP contribution in [0.2, 0.25) is 0 Å². The maximum absolute atomic E-state index is 13.2. The van der Waals surface area contributed by atoms with E-state index in [0.29, 0.717) is 38.9 Å². The van der Waals surface area contributed by atoms with E-state index in [9.17, 15) is 57.5 Å². The van der Waals surface area contributed by atoms with Crippen LogP contribution in [-0.2, 0) is 120 Å². The van der Waals surface area contributed by atoms with Crippen molar-refractivity contribution in [2.24, 2.45) is 47.1 Å². The Balaban J connectivity index is 0.000000488. The van der Waals surface area contributed by atoms with E-state index in [0.717, 1.165) is 67.7 Å². The third-order valence-corrected chi connectivity index (χ3v) is 22.5. The number of nitrogens with one attached hydrogen (secondary N) is 12. The van der Waals surface area contributed by atoms with Crippen LogP contribution >= 0.6 is 67.8 Å². The number of H-pyrrole nitrogens is 3. The van der Waals surface area contributed by atoms with E-state index in [-0.39, 0.29) is 184 Å². The number of benzene rings is 6. The number of aromatic amines is 3. The molecule has 0 bridgehead atoms. The van der Waals surface area contributed by atoms with Crippen LogP contribution in [0.15, 0.2) is 164 Å². The van der Waals surface area contributed by atoms with Gasteiger partial charge in [0.15, 0.2) is 0 Å².